The molecule has 2 aromatic rings. The van der Waals surface area contributed by atoms with Gasteiger partial charge in [-0.2, -0.15) is 5.10 Å². The minimum Gasteiger partial charge on any atom is -0.272 e. The highest BCUT2D eigenvalue weighted by atomic mass is 15.3. The number of hydrogen-bond acceptors (Lipinski definition) is 3. The summed E-state index contributed by atoms with van der Waals surface area (Å²) in [5.74, 6) is 1.67. The number of aromatic nitrogens is 4. The van der Waals surface area contributed by atoms with Gasteiger partial charge in [-0.3, -0.25) is 4.68 Å². The van der Waals surface area contributed by atoms with Gasteiger partial charge in [0.25, 0.3) is 0 Å². The lowest BCUT2D eigenvalue weighted by atomic mass is 10.1. The summed E-state index contributed by atoms with van der Waals surface area (Å²) in [6.45, 7) is 12.3. The Morgan fingerprint density at radius 2 is 1.71 bits per heavy atom. The van der Waals surface area contributed by atoms with Crippen LogP contribution in [0, 0.1) is 19.8 Å². The van der Waals surface area contributed by atoms with Gasteiger partial charge in [-0.15, -0.1) is 0 Å². The topological polar surface area (TPSA) is 43.6 Å². The molecule has 1 fully saturated rings. The van der Waals surface area contributed by atoms with Crippen LogP contribution >= 0.6 is 0 Å². The van der Waals surface area contributed by atoms with Gasteiger partial charge in [-0.1, -0.05) is 40.5 Å². The van der Waals surface area contributed by atoms with Gasteiger partial charge in [0.05, 0.1) is 11.9 Å². The smallest absolute Gasteiger partial charge is 0.125 e. The Morgan fingerprint density at radius 1 is 1.08 bits per heavy atom. The summed E-state index contributed by atoms with van der Waals surface area (Å²) in [5, 5.41) is 4.40. The van der Waals surface area contributed by atoms with Crippen LogP contribution in [0.15, 0.2) is 12.4 Å². The van der Waals surface area contributed by atoms with Crippen molar-refractivity contribution in [2.45, 2.75) is 73.6 Å². The van der Waals surface area contributed by atoms with Crippen molar-refractivity contribution in [3.05, 3.63) is 29.5 Å². The second kappa shape index (κ2) is 10.2. The van der Waals surface area contributed by atoms with E-state index < -0.39 is 0 Å². The molecule has 0 unspecified atom stereocenters. The van der Waals surface area contributed by atoms with Crippen LogP contribution in [0.4, 0.5) is 0 Å². The first-order valence-corrected chi connectivity index (χ1v) is 9.38. The van der Waals surface area contributed by atoms with E-state index in [0.29, 0.717) is 0 Å². The maximum absolute atomic E-state index is 4.58. The maximum Gasteiger partial charge on any atom is 0.125 e. The highest BCUT2D eigenvalue weighted by Crippen LogP contribution is 2.35. The Balaban J connectivity index is 0.000000423. The molecule has 24 heavy (non-hydrogen) atoms. The molecule has 2 heterocycles. The second-order valence-electron chi connectivity index (χ2n) is 6.22. The molecule has 0 N–H and O–H groups in total. The third kappa shape index (κ3) is 5.73. The molecule has 0 saturated heterocycles. The Kier molecular flexibility index (Phi) is 8.66. The zero-order chi connectivity index (χ0) is 18.1. The molecule has 1 aliphatic carbocycles. The van der Waals surface area contributed by atoms with Gasteiger partial charge in [-0.05, 0) is 44.6 Å². The van der Waals surface area contributed by atoms with Crippen molar-refractivity contribution in [3.63, 3.8) is 0 Å². The Bertz CT molecular complexity index is 610. The van der Waals surface area contributed by atoms with E-state index in [9.17, 15) is 0 Å². The van der Waals surface area contributed by atoms with Crippen molar-refractivity contribution in [1.82, 2.24) is 19.7 Å². The van der Waals surface area contributed by atoms with Crippen LogP contribution in [0.3, 0.4) is 0 Å². The van der Waals surface area contributed by atoms with E-state index in [1.54, 1.807) is 0 Å². The molecule has 0 atom stereocenters. The molecular weight excluding hydrogens is 296 g/mol. The third-order valence-corrected chi connectivity index (χ3v) is 4.09. The van der Waals surface area contributed by atoms with E-state index >= 15 is 0 Å². The molecular formula is C20H34N4. The fourth-order valence-electron chi connectivity index (χ4n) is 2.30. The summed E-state index contributed by atoms with van der Waals surface area (Å²) in [7, 11) is 2.02. The van der Waals surface area contributed by atoms with Crippen molar-refractivity contribution in [2.75, 3.05) is 0 Å². The van der Waals surface area contributed by atoms with Crippen molar-refractivity contribution in [1.29, 1.82) is 0 Å². The van der Waals surface area contributed by atoms with E-state index in [-0.39, 0.29) is 0 Å². The third-order valence-electron chi connectivity index (χ3n) is 4.09. The number of aryl methyl sites for hydroxylation is 3. The number of rotatable bonds is 4. The van der Waals surface area contributed by atoms with E-state index in [2.05, 4.69) is 35.8 Å². The molecule has 1 saturated carbocycles. The van der Waals surface area contributed by atoms with E-state index in [4.69, 9.17) is 0 Å². The van der Waals surface area contributed by atoms with Crippen LogP contribution < -0.4 is 0 Å². The summed E-state index contributed by atoms with van der Waals surface area (Å²) in [4.78, 5) is 8.82. The lowest BCUT2D eigenvalue weighted by Gasteiger charge is -2.07. The molecule has 0 aromatic carbocycles. The Morgan fingerprint density at radius 3 is 2.25 bits per heavy atom. The quantitative estimate of drug-likeness (QED) is 0.766. The molecule has 4 heteroatoms. The molecule has 1 aliphatic rings. The largest absolute Gasteiger partial charge is 0.272 e. The summed E-state index contributed by atoms with van der Waals surface area (Å²) in [5.41, 5.74) is 4.63. The summed E-state index contributed by atoms with van der Waals surface area (Å²) >= 11 is 0. The fraction of sp³-hybridized carbons (Fsp3) is 0.650. The van der Waals surface area contributed by atoms with E-state index in [0.717, 1.165) is 29.4 Å². The lowest BCUT2D eigenvalue weighted by molar-refractivity contribution is 0.677. The number of hydrogen-bond donors (Lipinski definition) is 0. The van der Waals surface area contributed by atoms with Crippen LogP contribution in [-0.4, -0.2) is 19.7 Å². The molecule has 3 rings (SSSR count). The SMILES string of the molecule is CC.CCCC.Cc1ncc(C)c(-c2cnn(C)c2CC2CC2)n1. The normalized spacial score (nSPS) is 12.8. The summed E-state index contributed by atoms with van der Waals surface area (Å²) in [6, 6.07) is 0. The average molecular weight is 331 g/mol. The van der Waals surface area contributed by atoms with Gasteiger partial charge in [0, 0.05) is 24.5 Å². The predicted octanol–water partition coefficient (Wildman–Crippen LogP) is 5.28. The van der Waals surface area contributed by atoms with Crippen LogP contribution in [0.1, 0.15) is 70.5 Å². The number of unbranched alkanes of at least 4 members (excludes halogenated alkanes) is 1. The molecule has 2 aromatic heterocycles. The van der Waals surface area contributed by atoms with E-state index in [1.807, 2.05) is 44.9 Å². The first kappa shape index (κ1) is 20.3. The van der Waals surface area contributed by atoms with Crippen molar-refractivity contribution in [3.8, 4) is 11.3 Å². The Hall–Kier alpha value is -1.71. The second-order valence-corrected chi connectivity index (χ2v) is 6.22. The fourth-order valence-corrected chi connectivity index (χ4v) is 2.30. The summed E-state index contributed by atoms with van der Waals surface area (Å²) < 4.78 is 1.99. The van der Waals surface area contributed by atoms with Gasteiger partial charge in [0.1, 0.15) is 5.82 Å². The summed E-state index contributed by atoms with van der Waals surface area (Å²) in [6.07, 6.45) is 10.3. The molecule has 0 bridgehead atoms. The monoisotopic (exact) mass is 330 g/mol. The minimum absolute atomic E-state index is 0.817. The minimum atomic E-state index is 0.817. The number of nitrogens with zero attached hydrogens (tertiary/aromatic N) is 4. The molecule has 4 nitrogen and oxygen atoms in total. The van der Waals surface area contributed by atoms with Gasteiger partial charge in [0.2, 0.25) is 0 Å². The highest BCUT2D eigenvalue weighted by molar-refractivity contribution is 5.64. The van der Waals surface area contributed by atoms with Crippen LogP contribution in [0.5, 0.6) is 0 Å². The Labute approximate surface area is 147 Å². The van der Waals surface area contributed by atoms with Crippen LogP contribution in [0.25, 0.3) is 11.3 Å². The van der Waals surface area contributed by atoms with Gasteiger partial charge in [0.15, 0.2) is 0 Å². The zero-order valence-corrected chi connectivity index (χ0v) is 16.6. The standard InChI is InChI=1S/C14H18N4.C4H10.C2H6/c1-9-7-15-10(2)17-14(9)12-8-16-18(3)13(12)6-11-4-5-11;1-3-4-2;1-2/h7-8,11H,4-6H2,1-3H3;3-4H2,1-2H3;1-2H3. The molecule has 0 spiro atoms. The molecule has 0 aliphatic heterocycles. The van der Waals surface area contributed by atoms with Crippen LogP contribution in [-0.2, 0) is 13.5 Å². The first-order chi connectivity index (χ1) is 11.6. The van der Waals surface area contributed by atoms with Crippen molar-refractivity contribution in [2.24, 2.45) is 13.0 Å². The van der Waals surface area contributed by atoms with Crippen LogP contribution in [0.2, 0.25) is 0 Å². The lowest BCUT2D eigenvalue weighted by Crippen LogP contribution is -2.02. The predicted molar refractivity (Wildman–Crippen MR) is 102 cm³/mol. The first-order valence-electron chi connectivity index (χ1n) is 9.38. The van der Waals surface area contributed by atoms with Gasteiger partial charge in [-0.25, -0.2) is 9.97 Å². The van der Waals surface area contributed by atoms with Gasteiger partial charge < -0.3 is 0 Å². The molecule has 0 amide bonds. The molecule has 0 radical (unpaired) electrons. The van der Waals surface area contributed by atoms with Crippen molar-refractivity contribution < 1.29 is 0 Å². The maximum atomic E-state index is 4.58. The van der Waals surface area contributed by atoms with E-state index in [1.165, 1.54) is 36.9 Å². The van der Waals surface area contributed by atoms with Crippen molar-refractivity contribution >= 4 is 0 Å². The average Bonchev–Trinajstić information content (AvgIpc) is 3.35. The molecule has 134 valence electrons. The van der Waals surface area contributed by atoms with Gasteiger partial charge >= 0.3 is 0 Å². The zero-order valence-electron chi connectivity index (χ0n) is 16.6. The highest BCUT2D eigenvalue weighted by Gasteiger charge is 2.25.